The van der Waals surface area contributed by atoms with Gasteiger partial charge in [0, 0.05) is 28.9 Å². The smallest absolute Gasteiger partial charge is 0.291 e. The van der Waals surface area contributed by atoms with Gasteiger partial charge in [-0.3, -0.25) is 9.59 Å². The fourth-order valence-corrected chi connectivity index (χ4v) is 3.64. The normalized spacial score (nSPS) is 10.5. The number of hydrogen-bond donors (Lipinski definition) is 2. The number of furan rings is 1. The topological polar surface area (TPSA) is 84.2 Å². The van der Waals surface area contributed by atoms with Gasteiger partial charge in [-0.1, -0.05) is 18.2 Å². The van der Waals surface area contributed by atoms with Gasteiger partial charge in [0.15, 0.2) is 5.76 Å². The molecule has 0 aliphatic heterocycles. The predicted octanol–water partition coefficient (Wildman–Crippen LogP) is 5.47. The van der Waals surface area contributed by atoms with Gasteiger partial charge in [-0.15, -0.1) is 11.8 Å². The number of benzene rings is 2. The highest BCUT2D eigenvalue weighted by Gasteiger charge is 2.10. The minimum atomic E-state index is -0.345. The minimum Gasteiger partial charge on any atom is -0.459 e. The zero-order chi connectivity index (χ0) is 21.5. The van der Waals surface area contributed by atoms with E-state index < -0.39 is 0 Å². The van der Waals surface area contributed by atoms with Crippen LogP contribution < -0.4 is 10.6 Å². The molecule has 0 spiro atoms. The summed E-state index contributed by atoms with van der Waals surface area (Å²) in [6, 6.07) is 23.5. The number of nitrogens with zero attached hydrogens (tertiary/aromatic N) is 1. The molecule has 0 bridgehead atoms. The van der Waals surface area contributed by atoms with E-state index in [0.29, 0.717) is 11.3 Å². The number of carbonyl (C=O) groups is 2. The summed E-state index contributed by atoms with van der Waals surface area (Å²) in [5.41, 5.74) is 2.87. The Bertz CT molecular complexity index is 1160. The van der Waals surface area contributed by atoms with E-state index in [4.69, 9.17) is 4.42 Å². The molecule has 4 rings (SSSR count). The van der Waals surface area contributed by atoms with E-state index in [2.05, 4.69) is 15.6 Å². The van der Waals surface area contributed by atoms with Gasteiger partial charge >= 0.3 is 0 Å². The summed E-state index contributed by atoms with van der Waals surface area (Å²) in [7, 11) is 0. The van der Waals surface area contributed by atoms with Gasteiger partial charge in [-0.2, -0.15) is 0 Å². The summed E-state index contributed by atoms with van der Waals surface area (Å²) in [6.45, 7) is 0. The fraction of sp³-hybridized carbons (Fsp3) is 0.0417. The summed E-state index contributed by atoms with van der Waals surface area (Å²) in [4.78, 5) is 28.9. The highest BCUT2D eigenvalue weighted by atomic mass is 32.2. The number of carbonyl (C=O) groups excluding carboxylic acids is 2. The van der Waals surface area contributed by atoms with Crippen LogP contribution >= 0.6 is 11.8 Å². The molecule has 4 aromatic rings. The van der Waals surface area contributed by atoms with Gasteiger partial charge in [-0.05, 0) is 66.2 Å². The average molecular weight is 430 g/mol. The molecule has 2 aromatic heterocycles. The number of anilines is 2. The number of hydrogen-bond acceptors (Lipinski definition) is 5. The van der Waals surface area contributed by atoms with Crippen molar-refractivity contribution in [3.63, 3.8) is 0 Å². The third kappa shape index (κ3) is 5.61. The van der Waals surface area contributed by atoms with E-state index in [1.807, 2.05) is 42.5 Å². The molecule has 0 unspecified atom stereocenters. The molecule has 6 nitrogen and oxygen atoms in total. The molecule has 7 heteroatoms. The van der Waals surface area contributed by atoms with Crippen molar-refractivity contribution in [2.24, 2.45) is 0 Å². The van der Waals surface area contributed by atoms with Crippen molar-refractivity contribution in [3.05, 3.63) is 108 Å². The number of nitrogens with one attached hydrogen (secondary N) is 2. The Morgan fingerprint density at radius 2 is 1.68 bits per heavy atom. The van der Waals surface area contributed by atoms with Gasteiger partial charge in [0.05, 0.1) is 11.3 Å². The predicted molar refractivity (Wildman–Crippen MR) is 121 cm³/mol. The molecule has 0 radical (unpaired) electrons. The fourth-order valence-electron chi connectivity index (χ4n) is 2.84. The standard InChI is InChI=1S/C24H19N3O3S/c28-23(18-9-11-19(12-10-18)26-24(29)21-7-4-14-30-21)27-20-6-3-5-17(15-20)16-31-22-8-1-2-13-25-22/h1-15H,16H2,(H,26,29)(H,27,28). The maximum atomic E-state index is 12.6. The largest absolute Gasteiger partial charge is 0.459 e. The van der Waals surface area contributed by atoms with Gasteiger partial charge < -0.3 is 15.1 Å². The molecule has 0 saturated carbocycles. The molecule has 2 amide bonds. The maximum absolute atomic E-state index is 12.6. The first-order valence-electron chi connectivity index (χ1n) is 9.56. The van der Waals surface area contributed by atoms with Crippen LogP contribution in [-0.4, -0.2) is 16.8 Å². The van der Waals surface area contributed by atoms with Crippen LogP contribution in [0, 0.1) is 0 Å². The number of aromatic nitrogens is 1. The number of amides is 2. The van der Waals surface area contributed by atoms with Crippen LogP contribution in [0.1, 0.15) is 26.5 Å². The molecule has 2 heterocycles. The van der Waals surface area contributed by atoms with Crippen LogP contribution in [0.15, 0.2) is 101 Å². The van der Waals surface area contributed by atoms with Crippen LogP contribution in [-0.2, 0) is 5.75 Å². The van der Waals surface area contributed by atoms with E-state index >= 15 is 0 Å². The van der Waals surface area contributed by atoms with Crippen molar-refractivity contribution in [2.75, 3.05) is 10.6 Å². The molecule has 154 valence electrons. The number of rotatable bonds is 7. The second kappa shape index (κ2) is 9.77. The Morgan fingerprint density at radius 1 is 0.839 bits per heavy atom. The lowest BCUT2D eigenvalue weighted by Gasteiger charge is -2.09. The van der Waals surface area contributed by atoms with Crippen LogP contribution in [0.25, 0.3) is 0 Å². The zero-order valence-corrected chi connectivity index (χ0v) is 17.3. The monoisotopic (exact) mass is 429 g/mol. The minimum absolute atomic E-state index is 0.224. The van der Waals surface area contributed by atoms with E-state index in [9.17, 15) is 9.59 Å². The second-order valence-electron chi connectivity index (χ2n) is 6.62. The van der Waals surface area contributed by atoms with Crippen LogP contribution in [0.3, 0.4) is 0 Å². The molecule has 31 heavy (non-hydrogen) atoms. The van der Waals surface area contributed by atoms with Gasteiger partial charge in [-0.25, -0.2) is 4.98 Å². The van der Waals surface area contributed by atoms with Crippen molar-refractivity contribution in [1.29, 1.82) is 0 Å². The van der Waals surface area contributed by atoms with Crippen molar-refractivity contribution in [3.8, 4) is 0 Å². The lowest BCUT2D eigenvalue weighted by atomic mass is 10.1. The van der Waals surface area contributed by atoms with Crippen LogP contribution in [0.2, 0.25) is 0 Å². The van der Waals surface area contributed by atoms with Crippen LogP contribution in [0.5, 0.6) is 0 Å². The summed E-state index contributed by atoms with van der Waals surface area (Å²) in [5.74, 6) is 0.411. The third-order valence-corrected chi connectivity index (χ3v) is 5.37. The third-order valence-electron chi connectivity index (χ3n) is 4.36. The molecule has 0 fully saturated rings. The zero-order valence-electron chi connectivity index (χ0n) is 16.4. The molecule has 0 aliphatic carbocycles. The van der Waals surface area contributed by atoms with Crippen molar-refractivity contribution in [2.45, 2.75) is 10.8 Å². The SMILES string of the molecule is O=C(Nc1cccc(CSc2ccccn2)c1)c1ccc(NC(=O)c2ccco2)cc1. The Balaban J connectivity index is 1.35. The highest BCUT2D eigenvalue weighted by molar-refractivity contribution is 7.98. The summed E-state index contributed by atoms with van der Waals surface area (Å²) in [6.07, 6.45) is 3.21. The Labute approximate surface area is 183 Å². The Hall–Kier alpha value is -3.84. The first-order chi connectivity index (χ1) is 15.2. The van der Waals surface area contributed by atoms with Crippen LogP contribution in [0.4, 0.5) is 11.4 Å². The van der Waals surface area contributed by atoms with Crippen molar-refractivity contribution >= 4 is 35.0 Å². The lowest BCUT2D eigenvalue weighted by molar-refractivity contribution is 0.0995. The van der Waals surface area contributed by atoms with E-state index in [0.717, 1.165) is 22.0 Å². The van der Waals surface area contributed by atoms with Crippen molar-refractivity contribution in [1.82, 2.24) is 4.98 Å². The average Bonchev–Trinajstić information content (AvgIpc) is 3.34. The second-order valence-corrected chi connectivity index (χ2v) is 7.62. The molecular formula is C24H19N3O3S. The van der Waals surface area contributed by atoms with Gasteiger partial charge in [0.1, 0.15) is 0 Å². The molecule has 0 atom stereocenters. The maximum Gasteiger partial charge on any atom is 0.291 e. The van der Waals surface area contributed by atoms with E-state index in [1.165, 1.54) is 6.26 Å². The summed E-state index contributed by atoms with van der Waals surface area (Å²) < 4.78 is 5.07. The lowest BCUT2D eigenvalue weighted by Crippen LogP contribution is -2.13. The van der Waals surface area contributed by atoms with Gasteiger partial charge in [0.25, 0.3) is 11.8 Å². The molecule has 2 N–H and O–H groups in total. The molecular weight excluding hydrogens is 410 g/mol. The molecule has 2 aromatic carbocycles. The Kier molecular flexibility index (Phi) is 6.44. The first-order valence-corrected chi connectivity index (χ1v) is 10.5. The summed E-state index contributed by atoms with van der Waals surface area (Å²) in [5, 5.41) is 6.59. The molecule has 0 saturated heterocycles. The number of thioether (sulfide) groups is 1. The quantitative estimate of drug-likeness (QED) is 0.381. The van der Waals surface area contributed by atoms with E-state index in [1.54, 1.807) is 54.4 Å². The number of pyridine rings is 1. The van der Waals surface area contributed by atoms with E-state index in [-0.39, 0.29) is 17.6 Å². The van der Waals surface area contributed by atoms with Crippen molar-refractivity contribution < 1.29 is 14.0 Å². The molecule has 0 aliphatic rings. The van der Waals surface area contributed by atoms with Gasteiger partial charge in [0.2, 0.25) is 0 Å². The summed E-state index contributed by atoms with van der Waals surface area (Å²) >= 11 is 1.64. The highest BCUT2D eigenvalue weighted by Crippen LogP contribution is 2.22. The first kappa shape index (κ1) is 20.4. The Morgan fingerprint density at radius 3 is 2.42 bits per heavy atom.